The summed E-state index contributed by atoms with van der Waals surface area (Å²) in [5.41, 5.74) is 8.45. The Morgan fingerprint density at radius 3 is 2.17 bits per heavy atom. The summed E-state index contributed by atoms with van der Waals surface area (Å²) in [6, 6.07) is 24.0. The van der Waals surface area contributed by atoms with Gasteiger partial charge in [-0.1, -0.05) is 30.3 Å². The normalized spacial score (nSPS) is 23.7. The van der Waals surface area contributed by atoms with Crippen molar-refractivity contribution in [1.82, 2.24) is 20.0 Å². The first kappa shape index (κ1) is 37.4. The number of halogens is 1. The molecule has 4 aromatic carbocycles. The largest absolute Gasteiger partial charge is 0.508 e. The predicted molar refractivity (Wildman–Crippen MR) is 216 cm³/mol. The highest BCUT2D eigenvalue weighted by Crippen LogP contribution is 2.48. The van der Waals surface area contributed by atoms with E-state index in [-0.39, 0.29) is 59.7 Å². The van der Waals surface area contributed by atoms with Gasteiger partial charge in [-0.2, -0.15) is 0 Å². The molecule has 0 aromatic heterocycles. The number of phenolic OH excluding ortho intramolecular Hbond substituents is 1. The molecule has 302 valence electrons. The number of hydrogen-bond acceptors (Lipinski definition) is 8. The van der Waals surface area contributed by atoms with Crippen molar-refractivity contribution in [2.45, 2.75) is 69.4 Å². The number of imide groups is 2. The van der Waals surface area contributed by atoms with Crippen LogP contribution in [-0.4, -0.2) is 94.7 Å². The van der Waals surface area contributed by atoms with Gasteiger partial charge in [0.25, 0.3) is 11.8 Å². The van der Waals surface area contributed by atoms with Crippen LogP contribution >= 0.6 is 0 Å². The van der Waals surface area contributed by atoms with Gasteiger partial charge >= 0.3 is 0 Å². The molecule has 6 aliphatic rings. The fourth-order valence-corrected chi connectivity index (χ4v) is 10.7. The standard InChI is InChI=1S/C47H46FN5O6/c48-33-6-1-28(2-7-33)36-11-5-31-21-35(54)10-12-37(31)43(36)29-3-8-34(9-4-29)51-19-16-47(17-20-51)26-52(27-47)42(56)25-50-18-15-30-22-38-39(23-32(30)24-50)46(59)53(45(38)58)40-13-14-41(55)49-44(40)57/h1-4,6-10,12,21-23,36,40,43,54H,5,11,13-20,24-27H2,(H,49,55,57)/t36-,40?,43+/m1/s1. The lowest BCUT2D eigenvalue weighted by Crippen LogP contribution is -2.63. The fourth-order valence-electron chi connectivity index (χ4n) is 10.7. The van der Waals surface area contributed by atoms with Gasteiger partial charge in [0.2, 0.25) is 17.7 Å². The van der Waals surface area contributed by atoms with E-state index in [1.165, 1.54) is 16.8 Å². The van der Waals surface area contributed by atoms with Gasteiger partial charge < -0.3 is 14.9 Å². The van der Waals surface area contributed by atoms with Crippen LogP contribution in [0.15, 0.2) is 78.9 Å². The van der Waals surface area contributed by atoms with E-state index in [0.29, 0.717) is 25.1 Å². The fraction of sp³-hybridized carbons (Fsp3) is 0.383. The van der Waals surface area contributed by atoms with Crippen molar-refractivity contribution in [3.05, 3.63) is 129 Å². The molecule has 1 aliphatic carbocycles. The van der Waals surface area contributed by atoms with E-state index < -0.39 is 29.7 Å². The number of phenols is 1. The highest BCUT2D eigenvalue weighted by molar-refractivity contribution is 6.23. The summed E-state index contributed by atoms with van der Waals surface area (Å²) in [6.07, 6.45) is 4.62. The van der Waals surface area contributed by atoms with E-state index in [0.717, 1.165) is 79.0 Å². The lowest BCUT2D eigenvalue weighted by molar-refractivity contribution is -0.146. The number of rotatable bonds is 6. The highest BCUT2D eigenvalue weighted by Gasteiger charge is 2.48. The van der Waals surface area contributed by atoms with Crippen molar-refractivity contribution in [2.24, 2.45) is 5.41 Å². The van der Waals surface area contributed by atoms with Gasteiger partial charge in [0.15, 0.2) is 0 Å². The molecule has 5 heterocycles. The topological polar surface area (TPSA) is 131 Å². The molecule has 1 unspecified atom stereocenters. The number of hydrogen-bond donors (Lipinski definition) is 2. The number of carbonyl (C=O) groups excluding carboxylic acids is 5. The number of nitrogens with zero attached hydrogens (tertiary/aromatic N) is 4. The molecule has 0 bridgehead atoms. The molecule has 10 rings (SSSR count). The minimum absolute atomic E-state index is 0.0723. The van der Waals surface area contributed by atoms with Crippen LogP contribution < -0.4 is 10.2 Å². The molecule has 59 heavy (non-hydrogen) atoms. The molecule has 5 amide bonds. The van der Waals surface area contributed by atoms with Crippen molar-refractivity contribution in [1.29, 1.82) is 0 Å². The number of aryl methyl sites for hydroxylation is 1. The maximum Gasteiger partial charge on any atom is 0.262 e. The number of carbonyl (C=O) groups is 5. The van der Waals surface area contributed by atoms with E-state index >= 15 is 0 Å². The Balaban J connectivity index is 0.745. The van der Waals surface area contributed by atoms with E-state index in [4.69, 9.17) is 0 Å². The minimum atomic E-state index is -1.00. The third-order valence-corrected chi connectivity index (χ3v) is 13.9. The van der Waals surface area contributed by atoms with Gasteiger partial charge in [0, 0.05) is 62.7 Å². The van der Waals surface area contributed by atoms with Gasteiger partial charge in [-0.15, -0.1) is 0 Å². The first-order valence-electron chi connectivity index (χ1n) is 20.8. The average molecular weight is 796 g/mol. The molecular weight excluding hydrogens is 750 g/mol. The number of fused-ring (bicyclic) bond motifs is 3. The van der Waals surface area contributed by atoms with Crippen LogP contribution in [0.2, 0.25) is 0 Å². The molecule has 12 heteroatoms. The van der Waals surface area contributed by atoms with Gasteiger partial charge in [0.05, 0.1) is 17.7 Å². The summed E-state index contributed by atoms with van der Waals surface area (Å²) in [5.74, 6) is -1.62. The molecule has 11 nitrogen and oxygen atoms in total. The Kier molecular flexibility index (Phi) is 9.15. The van der Waals surface area contributed by atoms with E-state index in [2.05, 4.69) is 39.4 Å². The molecule has 1 spiro atoms. The van der Waals surface area contributed by atoms with Gasteiger partial charge in [-0.25, -0.2) is 4.39 Å². The number of likely N-dealkylation sites (tertiary alicyclic amines) is 1. The number of anilines is 1. The van der Waals surface area contributed by atoms with Crippen LogP contribution in [0.4, 0.5) is 10.1 Å². The number of aromatic hydroxyl groups is 1. The summed E-state index contributed by atoms with van der Waals surface area (Å²) in [5, 5.41) is 12.5. The zero-order valence-corrected chi connectivity index (χ0v) is 32.8. The second-order valence-electron chi connectivity index (χ2n) is 17.5. The molecule has 4 aromatic rings. The first-order chi connectivity index (χ1) is 28.5. The van der Waals surface area contributed by atoms with Crippen LogP contribution in [0.25, 0.3) is 0 Å². The van der Waals surface area contributed by atoms with Crippen LogP contribution in [-0.2, 0) is 33.8 Å². The summed E-state index contributed by atoms with van der Waals surface area (Å²) in [4.78, 5) is 71.9. The maximum absolute atomic E-state index is 13.9. The third-order valence-electron chi connectivity index (χ3n) is 13.9. The Hall–Kier alpha value is -5.88. The second kappa shape index (κ2) is 14.4. The molecule has 3 atom stereocenters. The van der Waals surface area contributed by atoms with Crippen LogP contribution in [0.5, 0.6) is 5.75 Å². The number of benzene rings is 4. The van der Waals surface area contributed by atoms with Crippen LogP contribution in [0, 0.1) is 11.2 Å². The summed E-state index contributed by atoms with van der Waals surface area (Å²) >= 11 is 0. The highest BCUT2D eigenvalue weighted by atomic mass is 19.1. The monoisotopic (exact) mass is 795 g/mol. The molecule has 3 saturated heterocycles. The quantitative estimate of drug-likeness (QED) is 0.253. The Morgan fingerprint density at radius 1 is 0.763 bits per heavy atom. The van der Waals surface area contributed by atoms with Crippen molar-refractivity contribution in [3.8, 4) is 5.75 Å². The Labute approximate surface area is 341 Å². The second-order valence-corrected chi connectivity index (χ2v) is 17.5. The number of amides is 5. The van der Waals surface area contributed by atoms with E-state index in [9.17, 15) is 33.5 Å². The van der Waals surface area contributed by atoms with Gasteiger partial charge in [0.1, 0.15) is 17.6 Å². The zero-order valence-electron chi connectivity index (χ0n) is 32.8. The molecule has 5 aliphatic heterocycles. The van der Waals surface area contributed by atoms with Crippen LogP contribution in [0.1, 0.15) is 98.0 Å². The lowest BCUT2D eigenvalue weighted by Gasteiger charge is -2.54. The first-order valence-corrected chi connectivity index (χ1v) is 20.8. The third kappa shape index (κ3) is 6.67. The van der Waals surface area contributed by atoms with Crippen molar-refractivity contribution in [2.75, 3.05) is 44.2 Å². The van der Waals surface area contributed by atoms with E-state index in [1.807, 2.05) is 29.2 Å². The minimum Gasteiger partial charge on any atom is -0.508 e. The average Bonchev–Trinajstić information content (AvgIpc) is 3.46. The lowest BCUT2D eigenvalue weighted by atomic mass is 9.69. The number of piperidine rings is 2. The Bertz CT molecular complexity index is 2400. The molecular formula is C47H46FN5O6. The molecule has 0 radical (unpaired) electrons. The Morgan fingerprint density at radius 2 is 1.46 bits per heavy atom. The van der Waals surface area contributed by atoms with Crippen LogP contribution in [0.3, 0.4) is 0 Å². The van der Waals surface area contributed by atoms with Crippen molar-refractivity contribution < 1.29 is 33.5 Å². The summed E-state index contributed by atoms with van der Waals surface area (Å²) < 4.78 is 13.9. The van der Waals surface area contributed by atoms with E-state index in [1.54, 1.807) is 30.3 Å². The summed E-state index contributed by atoms with van der Waals surface area (Å²) in [7, 11) is 0. The molecule has 0 saturated carbocycles. The number of nitrogens with one attached hydrogen (secondary N) is 1. The van der Waals surface area contributed by atoms with Gasteiger partial charge in [-0.3, -0.25) is 39.1 Å². The smallest absolute Gasteiger partial charge is 0.262 e. The molecule has 3 fully saturated rings. The maximum atomic E-state index is 13.9. The van der Waals surface area contributed by atoms with Gasteiger partial charge in [-0.05, 0) is 126 Å². The van der Waals surface area contributed by atoms with Crippen molar-refractivity contribution in [3.63, 3.8) is 0 Å². The molecule has 2 N–H and O–H groups in total. The summed E-state index contributed by atoms with van der Waals surface area (Å²) in [6.45, 7) is 4.78. The zero-order chi connectivity index (χ0) is 40.6. The SMILES string of the molecule is O=C1CCC(N2C(=O)c3cc4c(cc3C2=O)CN(CC(=O)N2CC3(CCN(c5ccc([C@@H]6c7ccc(O)cc7CC[C@@H]6c6ccc(F)cc6)cc5)CC3)C2)CC4)C(=O)N1. The van der Waals surface area contributed by atoms with Crippen molar-refractivity contribution >= 4 is 35.2 Å². The predicted octanol–water partition coefficient (Wildman–Crippen LogP) is 5.28.